The van der Waals surface area contributed by atoms with Gasteiger partial charge < -0.3 is 10.2 Å². The number of nitrogens with zero attached hydrogens (tertiary/aromatic N) is 2. The van der Waals surface area contributed by atoms with Crippen molar-refractivity contribution in [3.63, 3.8) is 0 Å². The molecule has 1 saturated carbocycles. The first-order valence-electron chi connectivity index (χ1n) is 14.2. The number of benzene rings is 3. The van der Waals surface area contributed by atoms with Crippen LogP contribution < -0.4 is 9.62 Å². The molecule has 1 atom stereocenters. The van der Waals surface area contributed by atoms with E-state index in [1.54, 1.807) is 42.5 Å². The summed E-state index contributed by atoms with van der Waals surface area (Å²) < 4.78 is 28.8. The van der Waals surface area contributed by atoms with Crippen LogP contribution in [-0.4, -0.2) is 43.8 Å². The normalized spacial score (nSPS) is 14.7. The second-order valence-corrected chi connectivity index (χ2v) is 12.8. The minimum atomic E-state index is -4.16. The van der Waals surface area contributed by atoms with Crippen molar-refractivity contribution in [3.05, 3.63) is 95.0 Å². The zero-order valence-corrected chi connectivity index (χ0v) is 25.2. The fourth-order valence-electron chi connectivity index (χ4n) is 5.36. The fraction of sp³-hybridized carbons (Fsp3) is 0.375. The van der Waals surface area contributed by atoms with Crippen molar-refractivity contribution in [2.75, 3.05) is 10.8 Å². The number of anilines is 1. The van der Waals surface area contributed by atoms with Gasteiger partial charge in [0.2, 0.25) is 11.8 Å². The van der Waals surface area contributed by atoms with Crippen molar-refractivity contribution in [2.45, 2.75) is 75.9 Å². The third-order valence-electron chi connectivity index (χ3n) is 7.50. The molecular weight excluding hydrogens is 558 g/mol. The van der Waals surface area contributed by atoms with Crippen LogP contribution in [0.15, 0.2) is 83.8 Å². The van der Waals surface area contributed by atoms with Gasteiger partial charge in [0.1, 0.15) is 12.6 Å². The Labute approximate surface area is 248 Å². The number of aryl methyl sites for hydroxylation is 1. The Bertz CT molecular complexity index is 1440. The highest BCUT2D eigenvalue weighted by Crippen LogP contribution is 2.31. The van der Waals surface area contributed by atoms with E-state index in [2.05, 4.69) is 5.32 Å². The summed E-state index contributed by atoms with van der Waals surface area (Å²) in [5.74, 6) is -0.702. The van der Waals surface area contributed by atoms with Gasteiger partial charge in [-0.25, -0.2) is 8.42 Å². The van der Waals surface area contributed by atoms with Crippen LogP contribution in [-0.2, 0) is 26.2 Å². The molecule has 41 heavy (non-hydrogen) atoms. The summed E-state index contributed by atoms with van der Waals surface area (Å²) in [6.07, 6.45) is 5.52. The number of rotatable bonds is 11. The van der Waals surface area contributed by atoms with Crippen molar-refractivity contribution < 1.29 is 18.0 Å². The number of carbonyl (C=O) groups excluding carboxylic acids is 2. The third-order valence-corrected chi connectivity index (χ3v) is 9.60. The molecule has 0 bridgehead atoms. The molecule has 0 unspecified atom stereocenters. The molecule has 0 aliphatic heterocycles. The molecule has 0 heterocycles. The Morgan fingerprint density at radius 3 is 2.29 bits per heavy atom. The fourth-order valence-corrected chi connectivity index (χ4v) is 7.10. The van der Waals surface area contributed by atoms with E-state index in [0.29, 0.717) is 6.42 Å². The van der Waals surface area contributed by atoms with Gasteiger partial charge in [0.15, 0.2) is 0 Å². The summed E-state index contributed by atoms with van der Waals surface area (Å²) in [7, 11) is -4.16. The molecule has 218 valence electrons. The number of halogens is 1. The second kappa shape index (κ2) is 14.0. The van der Waals surface area contributed by atoms with Gasteiger partial charge in [-0.15, -0.1) is 0 Å². The van der Waals surface area contributed by atoms with Gasteiger partial charge in [0.25, 0.3) is 10.0 Å². The number of carbonyl (C=O) groups is 2. The summed E-state index contributed by atoms with van der Waals surface area (Å²) in [4.78, 5) is 29.4. The quantitative estimate of drug-likeness (QED) is 0.290. The van der Waals surface area contributed by atoms with E-state index < -0.39 is 28.5 Å². The van der Waals surface area contributed by atoms with E-state index in [-0.39, 0.29) is 34.1 Å². The Balaban J connectivity index is 1.71. The van der Waals surface area contributed by atoms with Crippen LogP contribution in [0.4, 0.5) is 5.69 Å². The lowest BCUT2D eigenvalue weighted by Crippen LogP contribution is -2.54. The number of hydrogen-bond acceptors (Lipinski definition) is 4. The first-order valence-corrected chi connectivity index (χ1v) is 16.0. The van der Waals surface area contributed by atoms with Crippen LogP contribution in [0.3, 0.4) is 0 Å². The Kier molecular flexibility index (Phi) is 10.5. The molecule has 7 nitrogen and oxygen atoms in total. The smallest absolute Gasteiger partial charge is 0.264 e. The van der Waals surface area contributed by atoms with E-state index in [1.807, 2.05) is 38.1 Å². The largest absolute Gasteiger partial charge is 0.352 e. The molecule has 0 radical (unpaired) electrons. The molecule has 1 aliphatic carbocycles. The van der Waals surface area contributed by atoms with Gasteiger partial charge in [-0.05, 0) is 56.0 Å². The van der Waals surface area contributed by atoms with Crippen LogP contribution in [0, 0.1) is 6.92 Å². The Hall–Kier alpha value is -3.36. The molecule has 3 aromatic rings. The van der Waals surface area contributed by atoms with Crippen molar-refractivity contribution >= 4 is 39.1 Å². The minimum absolute atomic E-state index is 0.0417. The third kappa shape index (κ3) is 7.68. The Morgan fingerprint density at radius 1 is 0.951 bits per heavy atom. The molecule has 0 saturated heterocycles. The highest BCUT2D eigenvalue weighted by molar-refractivity contribution is 7.92. The molecule has 4 rings (SSSR count). The van der Waals surface area contributed by atoms with E-state index in [4.69, 9.17) is 11.6 Å². The molecular formula is C32H38ClN3O4S. The van der Waals surface area contributed by atoms with Crippen molar-refractivity contribution in [1.29, 1.82) is 0 Å². The number of amides is 2. The standard InChI is InChI=1S/C32H38ClN3O4S/c1-3-29(32(38)34-26-15-6-4-7-16-26)35(22-25-14-12-13-24(2)21-25)31(37)23-36(30-20-11-10-19-28(30)33)41(39,40)27-17-8-5-9-18-27/h5,8-14,17-21,26,29H,3-4,6-7,15-16,22-23H2,1-2H3,(H,34,38)/t29-/m1/s1. The van der Waals surface area contributed by atoms with Gasteiger partial charge in [0, 0.05) is 12.6 Å². The second-order valence-electron chi connectivity index (χ2n) is 10.6. The predicted octanol–water partition coefficient (Wildman–Crippen LogP) is 6.10. The molecule has 1 aliphatic rings. The van der Waals surface area contributed by atoms with Crippen LogP contribution in [0.25, 0.3) is 0 Å². The van der Waals surface area contributed by atoms with Gasteiger partial charge in [-0.3, -0.25) is 13.9 Å². The molecule has 0 aromatic heterocycles. The molecule has 0 spiro atoms. The molecule has 9 heteroatoms. The molecule has 1 fully saturated rings. The van der Waals surface area contributed by atoms with Gasteiger partial charge in [-0.2, -0.15) is 0 Å². The van der Waals surface area contributed by atoms with E-state index in [0.717, 1.165) is 47.5 Å². The minimum Gasteiger partial charge on any atom is -0.352 e. The van der Waals surface area contributed by atoms with Crippen LogP contribution >= 0.6 is 11.6 Å². The summed E-state index contributed by atoms with van der Waals surface area (Å²) >= 11 is 6.48. The van der Waals surface area contributed by atoms with Gasteiger partial charge >= 0.3 is 0 Å². The lowest BCUT2D eigenvalue weighted by atomic mass is 9.95. The zero-order valence-electron chi connectivity index (χ0n) is 23.6. The number of hydrogen-bond donors (Lipinski definition) is 1. The highest BCUT2D eigenvalue weighted by atomic mass is 35.5. The summed E-state index contributed by atoms with van der Waals surface area (Å²) in [6.45, 7) is 3.49. The van der Waals surface area contributed by atoms with Gasteiger partial charge in [-0.1, -0.05) is 97.9 Å². The number of sulfonamides is 1. The maximum atomic E-state index is 14.2. The van der Waals surface area contributed by atoms with E-state index >= 15 is 0 Å². The van der Waals surface area contributed by atoms with Crippen molar-refractivity contribution in [2.24, 2.45) is 0 Å². The summed E-state index contributed by atoms with van der Waals surface area (Å²) in [5, 5.41) is 3.37. The summed E-state index contributed by atoms with van der Waals surface area (Å²) in [6, 6.07) is 21.6. The maximum Gasteiger partial charge on any atom is 0.264 e. The average molecular weight is 596 g/mol. The lowest BCUT2D eigenvalue weighted by Gasteiger charge is -2.34. The number of para-hydroxylation sites is 1. The molecule has 2 amide bonds. The topological polar surface area (TPSA) is 86.8 Å². The SMILES string of the molecule is CC[C@H](C(=O)NC1CCCCC1)N(Cc1cccc(C)c1)C(=O)CN(c1ccccc1Cl)S(=O)(=O)c1ccccc1. The van der Waals surface area contributed by atoms with Gasteiger partial charge in [0.05, 0.1) is 15.6 Å². The summed E-state index contributed by atoms with van der Waals surface area (Å²) in [5.41, 5.74) is 2.08. The van der Waals surface area contributed by atoms with Crippen LogP contribution in [0.1, 0.15) is 56.6 Å². The van der Waals surface area contributed by atoms with Crippen molar-refractivity contribution in [3.8, 4) is 0 Å². The molecule has 3 aromatic carbocycles. The van der Waals surface area contributed by atoms with Crippen molar-refractivity contribution in [1.82, 2.24) is 10.2 Å². The monoisotopic (exact) mass is 595 g/mol. The Morgan fingerprint density at radius 2 is 1.63 bits per heavy atom. The van der Waals surface area contributed by atoms with E-state index in [9.17, 15) is 18.0 Å². The highest BCUT2D eigenvalue weighted by Gasteiger charge is 2.35. The predicted molar refractivity (Wildman–Crippen MR) is 163 cm³/mol. The first kappa shape index (κ1) is 30.6. The van der Waals surface area contributed by atoms with Crippen LogP contribution in [0.5, 0.6) is 0 Å². The first-order chi connectivity index (χ1) is 19.7. The lowest BCUT2D eigenvalue weighted by molar-refractivity contribution is -0.140. The zero-order chi connectivity index (χ0) is 29.4. The maximum absolute atomic E-state index is 14.2. The van der Waals surface area contributed by atoms with Crippen LogP contribution in [0.2, 0.25) is 5.02 Å². The van der Waals surface area contributed by atoms with E-state index in [1.165, 1.54) is 17.0 Å². The number of nitrogens with one attached hydrogen (secondary N) is 1. The average Bonchev–Trinajstić information content (AvgIpc) is 2.97. The molecule has 1 N–H and O–H groups in total.